The quantitative estimate of drug-likeness (QED) is 0.613. The Morgan fingerprint density at radius 2 is 1.71 bits per heavy atom. The van der Waals surface area contributed by atoms with Gasteiger partial charge in [-0.2, -0.15) is 22.0 Å². The summed E-state index contributed by atoms with van der Waals surface area (Å²) in [6, 6.07) is 4.49. The van der Waals surface area contributed by atoms with Crippen molar-refractivity contribution in [1.29, 1.82) is 0 Å². The Morgan fingerprint density at radius 1 is 1.14 bits per heavy atom. The highest BCUT2D eigenvalue weighted by Crippen LogP contribution is 2.37. The van der Waals surface area contributed by atoms with Crippen molar-refractivity contribution in [2.75, 3.05) is 7.11 Å². The summed E-state index contributed by atoms with van der Waals surface area (Å²) in [5, 5.41) is 0. The summed E-state index contributed by atoms with van der Waals surface area (Å²) in [4.78, 5) is 10.8. The van der Waals surface area contributed by atoms with E-state index in [1.54, 1.807) is 0 Å². The molecule has 0 aliphatic carbocycles. The van der Waals surface area contributed by atoms with E-state index in [-0.39, 0.29) is 6.42 Å². The second kappa shape index (κ2) is 6.55. The molecule has 0 aliphatic heterocycles. The van der Waals surface area contributed by atoms with Gasteiger partial charge in [0.2, 0.25) is 0 Å². The van der Waals surface area contributed by atoms with Crippen molar-refractivity contribution in [1.82, 2.24) is 0 Å². The van der Waals surface area contributed by atoms with Gasteiger partial charge in [-0.05, 0) is 17.7 Å². The van der Waals surface area contributed by atoms with Gasteiger partial charge in [0.1, 0.15) is 5.75 Å². The molecule has 3 nitrogen and oxygen atoms in total. The summed E-state index contributed by atoms with van der Waals surface area (Å²) < 4.78 is 69.1. The van der Waals surface area contributed by atoms with Crippen LogP contribution in [0.25, 0.3) is 6.08 Å². The molecule has 0 heterocycles. The van der Waals surface area contributed by atoms with E-state index in [0.29, 0.717) is 5.56 Å². The number of hydrogen-bond acceptors (Lipinski definition) is 3. The lowest BCUT2D eigenvalue weighted by Gasteiger charge is -2.20. The Balaban J connectivity index is 2.69. The third kappa shape index (κ3) is 5.05. The van der Waals surface area contributed by atoms with Crippen molar-refractivity contribution in [2.24, 2.45) is 0 Å². The smallest absolute Gasteiger partial charge is 0.469 e. The minimum absolute atomic E-state index is 0.0148. The zero-order valence-corrected chi connectivity index (χ0v) is 10.8. The summed E-state index contributed by atoms with van der Waals surface area (Å²) in [5.41, 5.74) is 0.501. The summed E-state index contributed by atoms with van der Waals surface area (Å²) in [5.74, 6) is -1.08. The van der Waals surface area contributed by atoms with Crippen LogP contribution >= 0.6 is 0 Å². The summed E-state index contributed by atoms with van der Waals surface area (Å²) in [6.07, 6.45) is -8.07. The van der Waals surface area contributed by atoms with Crippen LogP contribution in [0.3, 0.4) is 0 Å². The average molecular weight is 310 g/mol. The molecule has 0 saturated carbocycles. The van der Waals surface area contributed by atoms with Gasteiger partial charge in [0.05, 0.1) is 13.5 Å². The minimum atomic E-state index is -5.79. The first-order chi connectivity index (χ1) is 9.65. The van der Waals surface area contributed by atoms with Gasteiger partial charge in [-0.3, -0.25) is 4.79 Å². The van der Waals surface area contributed by atoms with E-state index in [4.69, 9.17) is 0 Å². The normalized spacial score (nSPS) is 12.5. The summed E-state index contributed by atoms with van der Waals surface area (Å²) >= 11 is 0. The molecule has 0 aliphatic rings. The molecule has 1 aromatic carbocycles. The van der Waals surface area contributed by atoms with Crippen molar-refractivity contribution >= 4 is 12.0 Å². The molecule has 0 saturated heterocycles. The number of methoxy groups -OCH3 is 1. The van der Waals surface area contributed by atoms with Crippen LogP contribution in [0, 0.1) is 0 Å². The van der Waals surface area contributed by atoms with Crippen molar-refractivity contribution in [2.45, 2.75) is 18.7 Å². The van der Waals surface area contributed by atoms with Gasteiger partial charge in [0.25, 0.3) is 0 Å². The molecule has 1 aromatic rings. The van der Waals surface area contributed by atoms with Crippen LogP contribution in [0.1, 0.15) is 12.0 Å². The Kier molecular flexibility index (Phi) is 5.28. The number of carbonyl (C=O) groups is 1. The van der Waals surface area contributed by atoms with E-state index in [2.05, 4.69) is 9.47 Å². The number of carbonyl (C=O) groups excluding carboxylic acids is 1. The molecular weight excluding hydrogens is 299 g/mol. The van der Waals surface area contributed by atoms with Crippen molar-refractivity contribution in [3.63, 3.8) is 0 Å². The van der Waals surface area contributed by atoms with Crippen LogP contribution in [0.15, 0.2) is 30.3 Å². The molecule has 0 unspecified atom stereocenters. The first kappa shape index (κ1) is 16.9. The number of benzene rings is 1. The van der Waals surface area contributed by atoms with Gasteiger partial charge in [-0.15, -0.1) is 0 Å². The van der Waals surface area contributed by atoms with E-state index in [1.807, 2.05) is 0 Å². The number of esters is 1. The first-order valence-corrected chi connectivity index (χ1v) is 5.62. The monoisotopic (exact) mass is 310 g/mol. The first-order valence-electron chi connectivity index (χ1n) is 5.62. The largest absolute Gasteiger partial charge is 0.499 e. The highest BCUT2D eigenvalue weighted by Gasteiger charge is 2.61. The number of halogens is 5. The fourth-order valence-electron chi connectivity index (χ4n) is 1.23. The zero-order chi connectivity index (χ0) is 16.1. The average Bonchev–Trinajstić information content (AvgIpc) is 2.39. The maximum absolute atomic E-state index is 12.6. The maximum atomic E-state index is 12.6. The Morgan fingerprint density at radius 3 is 2.19 bits per heavy atom. The van der Waals surface area contributed by atoms with Crippen molar-refractivity contribution in [3.05, 3.63) is 35.9 Å². The molecule has 1 rings (SSSR count). The summed E-state index contributed by atoms with van der Waals surface area (Å²) in [7, 11) is 1.23. The number of alkyl halides is 5. The molecule has 0 fully saturated rings. The molecule has 8 heteroatoms. The van der Waals surface area contributed by atoms with Crippen LogP contribution in [0.4, 0.5) is 22.0 Å². The van der Waals surface area contributed by atoms with Gasteiger partial charge < -0.3 is 9.47 Å². The van der Waals surface area contributed by atoms with E-state index >= 15 is 0 Å². The fourth-order valence-corrected chi connectivity index (χ4v) is 1.23. The fraction of sp³-hybridized carbons (Fsp3) is 0.308. The van der Waals surface area contributed by atoms with Crippen molar-refractivity contribution in [3.8, 4) is 5.75 Å². The number of ether oxygens (including phenoxy) is 2. The van der Waals surface area contributed by atoms with E-state index in [0.717, 1.165) is 12.1 Å². The van der Waals surface area contributed by atoms with Crippen LogP contribution < -0.4 is 4.74 Å². The molecule has 116 valence electrons. The van der Waals surface area contributed by atoms with Gasteiger partial charge in [-0.25, -0.2) is 0 Å². The topological polar surface area (TPSA) is 35.5 Å². The molecule has 21 heavy (non-hydrogen) atoms. The zero-order valence-electron chi connectivity index (χ0n) is 10.8. The van der Waals surface area contributed by atoms with E-state index < -0.39 is 24.0 Å². The molecule has 0 atom stereocenters. The Labute approximate surface area is 117 Å². The predicted molar refractivity (Wildman–Crippen MR) is 63.7 cm³/mol. The van der Waals surface area contributed by atoms with E-state index in [9.17, 15) is 26.7 Å². The molecule has 0 spiro atoms. The molecular formula is C13H11F5O3. The molecule has 0 aromatic heterocycles. The van der Waals surface area contributed by atoms with Crippen LogP contribution in [-0.4, -0.2) is 25.4 Å². The number of hydrogen-bond donors (Lipinski definition) is 0. The van der Waals surface area contributed by atoms with Gasteiger partial charge in [-0.1, -0.05) is 24.3 Å². The predicted octanol–water partition coefficient (Wildman–Crippen LogP) is 3.80. The standard InChI is InChI=1S/C13H11F5O3/c1-20-11(19)4-2-3-9-5-7-10(8-6-9)21-13(17,18)12(14,15)16/h2-3,5-8H,4H2,1H3. The molecule has 0 amide bonds. The highest BCUT2D eigenvalue weighted by atomic mass is 19.4. The molecule has 0 radical (unpaired) electrons. The van der Waals surface area contributed by atoms with Crippen LogP contribution in [0.2, 0.25) is 0 Å². The van der Waals surface area contributed by atoms with Crippen molar-refractivity contribution < 1.29 is 36.2 Å². The minimum Gasteiger partial charge on any atom is -0.469 e. The van der Waals surface area contributed by atoms with Gasteiger partial charge >= 0.3 is 18.3 Å². The summed E-state index contributed by atoms with van der Waals surface area (Å²) in [6.45, 7) is 0. The maximum Gasteiger partial charge on any atom is 0.499 e. The number of rotatable bonds is 5. The van der Waals surface area contributed by atoms with Gasteiger partial charge in [0, 0.05) is 0 Å². The lowest BCUT2D eigenvalue weighted by Crippen LogP contribution is -2.41. The Bertz CT molecular complexity index is 506. The van der Waals surface area contributed by atoms with Crippen LogP contribution in [0.5, 0.6) is 5.75 Å². The lowest BCUT2D eigenvalue weighted by atomic mass is 10.2. The van der Waals surface area contributed by atoms with Crippen LogP contribution in [-0.2, 0) is 9.53 Å². The SMILES string of the molecule is COC(=O)CC=Cc1ccc(OC(F)(F)C(F)(F)F)cc1. The lowest BCUT2D eigenvalue weighted by molar-refractivity contribution is -0.360. The molecule has 0 N–H and O–H groups in total. The third-order valence-electron chi connectivity index (χ3n) is 2.28. The van der Waals surface area contributed by atoms with E-state index in [1.165, 1.54) is 31.4 Å². The second-order valence-corrected chi connectivity index (χ2v) is 3.87. The highest BCUT2D eigenvalue weighted by molar-refractivity contribution is 5.72. The second-order valence-electron chi connectivity index (χ2n) is 3.87. The van der Waals surface area contributed by atoms with Gasteiger partial charge in [0.15, 0.2) is 0 Å². The molecule has 0 bridgehead atoms. The Hall–Kier alpha value is -2.12. The third-order valence-corrected chi connectivity index (χ3v) is 2.28.